The molecular formula is C27H28F3N5O4S. The molecule has 13 heteroatoms. The van der Waals surface area contributed by atoms with E-state index in [0.717, 1.165) is 18.0 Å². The van der Waals surface area contributed by atoms with Crippen molar-refractivity contribution in [2.75, 3.05) is 43.7 Å². The number of anilines is 2. The van der Waals surface area contributed by atoms with Gasteiger partial charge in [0.2, 0.25) is 5.96 Å². The summed E-state index contributed by atoms with van der Waals surface area (Å²) < 4.78 is 52.3. The van der Waals surface area contributed by atoms with E-state index in [9.17, 15) is 23.1 Å². The highest BCUT2D eigenvalue weighted by atomic mass is 32.1. The lowest BCUT2D eigenvalue weighted by Gasteiger charge is -2.46. The minimum absolute atomic E-state index is 0.0527. The number of piperazine rings is 1. The zero-order valence-corrected chi connectivity index (χ0v) is 22.9. The number of ether oxygens (including phenoxy) is 2. The van der Waals surface area contributed by atoms with Gasteiger partial charge in [-0.05, 0) is 42.6 Å². The summed E-state index contributed by atoms with van der Waals surface area (Å²) in [6.45, 7) is 3.51. The van der Waals surface area contributed by atoms with Gasteiger partial charge < -0.3 is 24.4 Å². The van der Waals surface area contributed by atoms with Crippen LogP contribution in [-0.2, 0) is 11.0 Å². The minimum Gasteiger partial charge on any atom is -0.497 e. The van der Waals surface area contributed by atoms with E-state index in [1.165, 1.54) is 24.5 Å². The Morgan fingerprint density at radius 1 is 1.15 bits per heavy atom. The third-order valence-electron chi connectivity index (χ3n) is 7.01. The number of fused-ring (bicyclic) bond motifs is 1. The van der Waals surface area contributed by atoms with Crippen LogP contribution in [-0.4, -0.2) is 66.8 Å². The van der Waals surface area contributed by atoms with Crippen molar-refractivity contribution >= 4 is 40.5 Å². The second kappa shape index (κ2) is 10.9. The van der Waals surface area contributed by atoms with E-state index < -0.39 is 23.8 Å². The van der Waals surface area contributed by atoms with Gasteiger partial charge in [0.05, 0.1) is 48.5 Å². The first kappa shape index (κ1) is 27.6. The molecule has 0 saturated carbocycles. The van der Waals surface area contributed by atoms with Crippen molar-refractivity contribution in [3.05, 3.63) is 58.4 Å². The summed E-state index contributed by atoms with van der Waals surface area (Å²) >= 11 is 1.33. The van der Waals surface area contributed by atoms with Gasteiger partial charge in [-0.1, -0.05) is 0 Å². The third kappa shape index (κ3) is 5.25. The van der Waals surface area contributed by atoms with Crippen molar-refractivity contribution in [2.45, 2.75) is 31.6 Å². The predicted molar refractivity (Wildman–Crippen MR) is 146 cm³/mol. The van der Waals surface area contributed by atoms with Gasteiger partial charge in [-0.2, -0.15) is 13.2 Å². The van der Waals surface area contributed by atoms with Crippen LogP contribution in [0.4, 0.5) is 30.4 Å². The first-order chi connectivity index (χ1) is 19.1. The molecule has 1 aromatic carbocycles. The van der Waals surface area contributed by atoms with Crippen LogP contribution < -0.4 is 19.3 Å². The molecule has 2 atom stereocenters. The van der Waals surface area contributed by atoms with Crippen molar-refractivity contribution in [1.29, 1.82) is 0 Å². The van der Waals surface area contributed by atoms with Gasteiger partial charge in [0.15, 0.2) is 0 Å². The van der Waals surface area contributed by atoms with Crippen molar-refractivity contribution in [3.8, 4) is 11.5 Å². The van der Waals surface area contributed by atoms with Gasteiger partial charge in [-0.3, -0.25) is 9.69 Å². The minimum atomic E-state index is -4.60. The largest absolute Gasteiger partial charge is 0.497 e. The maximum absolute atomic E-state index is 13.8. The number of guanidine groups is 1. The lowest BCUT2D eigenvalue weighted by atomic mass is 10.0. The SMILES string of the molecule is COc1ccnc(N2CCN(C3=Nc4ccsc4C(CC(=O)O)N3c3cc(C(F)(F)F)ccc3OC)CC2C)c1. The fraction of sp³-hybridized carbons (Fsp3) is 0.370. The van der Waals surface area contributed by atoms with E-state index in [1.54, 1.807) is 30.3 Å². The smallest absolute Gasteiger partial charge is 0.416 e. The normalized spacial score (nSPS) is 19.2. The molecule has 0 amide bonds. The number of pyridine rings is 1. The standard InChI is InChI=1S/C27H28F3N5O4S/c1-16-15-33(9-10-34(16)23-13-18(38-2)6-8-31-23)26-32-19-7-11-40-25(19)21(14-24(36)37)35(26)20-12-17(27(28,29)30)4-5-22(20)39-3/h4-8,11-13,16,21H,9-10,14-15H2,1-3H3,(H,36,37). The lowest BCUT2D eigenvalue weighted by Crippen LogP contribution is -2.58. The summed E-state index contributed by atoms with van der Waals surface area (Å²) in [5, 5.41) is 11.6. The topological polar surface area (TPSA) is 90.7 Å². The molecule has 3 aromatic rings. The van der Waals surface area contributed by atoms with Gasteiger partial charge in [0.1, 0.15) is 17.3 Å². The van der Waals surface area contributed by atoms with Crippen LogP contribution in [0.1, 0.15) is 29.8 Å². The van der Waals surface area contributed by atoms with Crippen molar-refractivity contribution < 1.29 is 32.5 Å². The molecule has 4 heterocycles. The van der Waals surface area contributed by atoms with Crippen LogP contribution in [0, 0.1) is 0 Å². The Kier molecular flexibility index (Phi) is 7.49. The molecular weight excluding hydrogens is 547 g/mol. The predicted octanol–water partition coefficient (Wildman–Crippen LogP) is 5.41. The van der Waals surface area contributed by atoms with Crippen molar-refractivity contribution in [3.63, 3.8) is 0 Å². The molecule has 212 valence electrons. The van der Waals surface area contributed by atoms with E-state index in [0.29, 0.717) is 41.9 Å². The second-order valence-electron chi connectivity index (χ2n) is 9.49. The molecule has 0 aliphatic carbocycles. The molecule has 0 bridgehead atoms. The zero-order valence-electron chi connectivity index (χ0n) is 22.1. The Balaban J connectivity index is 1.58. The fourth-order valence-corrected chi connectivity index (χ4v) is 6.06. The zero-order chi connectivity index (χ0) is 28.6. The number of halogens is 3. The molecule has 2 aliphatic rings. The van der Waals surface area contributed by atoms with E-state index in [2.05, 4.69) is 9.88 Å². The van der Waals surface area contributed by atoms with Crippen molar-refractivity contribution in [1.82, 2.24) is 9.88 Å². The monoisotopic (exact) mass is 575 g/mol. The number of aromatic nitrogens is 1. The number of hydrogen-bond acceptors (Lipinski definition) is 9. The number of carboxylic acids is 1. The Morgan fingerprint density at radius 3 is 2.62 bits per heavy atom. The molecule has 1 N–H and O–H groups in total. The summed E-state index contributed by atoms with van der Waals surface area (Å²) in [4.78, 5) is 27.7. The fourth-order valence-electron chi connectivity index (χ4n) is 5.14. The Labute approximate surface area is 233 Å². The first-order valence-corrected chi connectivity index (χ1v) is 13.4. The van der Waals surface area contributed by atoms with E-state index >= 15 is 0 Å². The number of thiophene rings is 1. The molecule has 40 heavy (non-hydrogen) atoms. The van der Waals surface area contributed by atoms with Crippen LogP contribution in [0.2, 0.25) is 0 Å². The van der Waals surface area contributed by atoms with Crippen LogP contribution >= 0.6 is 11.3 Å². The van der Waals surface area contributed by atoms with Gasteiger partial charge in [-0.25, -0.2) is 9.98 Å². The molecule has 2 aromatic heterocycles. The number of carboxylic acid groups (broad SMARTS) is 1. The number of nitrogens with zero attached hydrogens (tertiary/aromatic N) is 5. The molecule has 0 spiro atoms. The third-order valence-corrected chi connectivity index (χ3v) is 8.02. The number of methoxy groups -OCH3 is 2. The van der Waals surface area contributed by atoms with Crippen LogP contribution in [0.5, 0.6) is 11.5 Å². The molecule has 9 nitrogen and oxygen atoms in total. The van der Waals surface area contributed by atoms with Gasteiger partial charge in [-0.15, -0.1) is 11.3 Å². The number of alkyl halides is 3. The average Bonchev–Trinajstić information content (AvgIpc) is 3.40. The summed E-state index contributed by atoms with van der Waals surface area (Å²) in [5.74, 6) is 0.907. The number of rotatable bonds is 6. The van der Waals surface area contributed by atoms with E-state index in [4.69, 9.17) is 14.5 Å². The van der Waals surface area contributed by atoms with Crippen molar-refractivity contribution in [2.24, 2.45) is 4.99 Å². The lowest BCUT2D eigenvalue weighted by molar-refractivity contribution is -0.138. The van der Waals surface area contributed by atoms with Gasteiger partial charge in [0, 0.05) is 37.9 Å². The summed E-state index contributed by atoms with van der Waals surface area (Å²) in [6, 6.07) is 7.79. The molecule has 5 rings (SSSR count). The van der Waals surface area contributed by atoms with E-state index in [1.807, 2.05) is 23.3 Å². The highest BCUT2D eigenvalue weighted by Gasteiger charge is 2.41. The molecule has 2 aliphatic heterocycles. The first-order valence-electron chi connectivity index (χ1n) is 12.5. The highest BCUT2D eigenvalue weighted by molar-refractivity contribution is 7.10. The Hall–Kier alpha value is -4.00. The van der Waals surface area contributed by atoms with Crippen LogP contribution in [0.3, 0.4) is 0 Å². The molecule has 2 unspecified atom stereocenters. The van der Waals surface area contributed by atoms with Crippen LogP contribution in [0.15, 0.2) is 53.0 Å². The number of aliphatic imine (C=N–C) groups is 1. The summed E-state index contributed by atoms with van der Waals surface area (Å²) in [7, 11) is 2.96. The number of hydrogen-bond donors (Lipinski definition) is 1. The average molecular weight is 576 g/mol. The second-order valence-corrected chi connectivity index (χ2v) is 10.4. The Morgan fingerprint density at radius 2 is 1.95 bits per heavy atom. The molecule has 1 fully saturated rings. The van der Waals surface area contributed by atoms with Gasteiger partial charge >= 0.3 is 12.1 Å². The maximum atomic E-state index is 13.8. The van der Waals surface area contributed by atoms with Gasteiger partial charge in [0.25, 0.3) is 0 Å². The number of benzene rings is 1. The molecule has 1 saturated heterocycles. The quantitative estimate of drug-likeness (QED) is 0.417. The summed E-state index contributed by atoms with van der Waals surface area (Å²) in [6.07, 6.45) is -3.27. The number of carbonyl (C=O) groups is 1. The maximum Gasteiger partial charge on any atom is 0.416 e. The molecule has 0 radical (unpaired) electrons. The Bertz CT molecular complexity index is 1430. The highest BCUT2D eigenvalue weighted by Crippen LogP contribution is 2.47. The number of aliphatic carboxylic acids is 1. The van der Waals surface area contributed by atoms with Crippen LogP contribution in [0.25, 0.3) is 0 Å². The summed E-state index contributed by atoms with van der Waals surface area (Å²) in [5.41, 5.74) is -0.153. The van der Waals surface area contributed by atoms with E-state index in [-0.39, 0.29) is 23.9 Å².